The molecule has 8 nitrogen and oxygen atoms in total. The van der Waals surface area contributed by atoms with Gasteiger partial charge in [-0.2, -0.15) is 0 Å². The van der Waals surface area contributed by atoms with Gasteiger partial charge in [-0.15, -0.1) is 0 Å². The number of piperazine rings is 1. The fraction of sp³-hybridized carbons (Fsp3) is 0.545. The number of unbranched alkanes of at least 4 members (excludes halogenated alkanes) is 3. The molecule has 0 bridgehead atoms. The van der Waals surface area contributed by atoms with Crippen LogP contribution in [0.15, 0.2) is 24.3 Å². The second-order valence-corrected chi connectivity index (χ2v) is 7.16. The number of Topliss-reactive ketones (excluding diaryl/α,β-unsaturated/α-hetero) is 1. The molecule has 166 valence electrons. The van der Waals surface area contributed by atoms with Crippen LogP contribution in [0.1, 0.15) is 62.7 Å². The molecule has 1 aromatic rings. The van der Waals surface area contributed by atoms with E-state index in [0.717, 1.165) is 50.7 Å². The minimum atomic E-state index is -0.361. The van der Waals surface area contributed by atoms with E-state index in [1.165, 1.54) is 6.92 Å². The normalized spacial score (nSPS) is 13.2. The van der Waals surface area contributed by atoms with Gasteiger partial charge in [0, 0.05) is 50.3 Å². The lowest BCUT2D eigenvalue weighted by Gasteiger charge is -2.36. The van der Waals surface area contributed by atoms with Gasteiger partial charge in [-0.1, -0.05) is 12.8 Å². The van der Waals surface area contributed by atoms with Crippen LogP contribution in [0.3, 0.4) is 0 Å². The van der Waals surface area contributed by atoms with Gasteiger partial charge in [0.2, 0.25) is 11.8 Å². The summed E-state index contributed by atoms with van der Waals surface area (Å²) in [4.78, 5) is 47.5. The van der Waals surface area contributed by atoms with E-state index in [0.29, 0.717) is 31.5 Å². The molecule has 1 aliphatic rings. The molecule has 1 heterocycles. The van der Waals surface area contributed by atoms with Crippen molar-refractivity contribution in [1.82, 2.24) is 10.4 Å². The Morgan fingerprint density at radius 1 is 0.967 bits per heavy atom. The zero-order valence-corrected chi connectivity index (χ0v) is 17.9. The van der Waals surface area contributed by atoms with E-state index >= 15 is 0 Å². The zero-order valence-electron chi connectivity index (χ0n) is 17.9. The molecular weight excluding hydrogens is 386 g/mol. The van der Waals surface area contributed by atoms with Crippen molar-refractivity contribution in [2.45, 2.75) is 52.4 Å². The summed E-state index contributed by atoms with van der Waals surface area (Å²) in [6.45, 7) is 6.02. The summed E-state index contributed by atoms with van der Waals surface area (Å²) in [6, 6.07) is 7.62. The number of nitrogens with zero attached hydrogens (tertiary/aromatic N) is 2. The fourth-order valence-corrected chi connectivity index (χ4v) is 3.25. The maximum absolute atomic E-state index is 12.3. The van der Waals surface area contributed by atoms with Crippen molar-refractivity contribution < 1.29 is 24.4 Å². The van der Waals surface area contributed by atoms with Gasteiger partial charge in [-0.3, -0.25) is 19.6 Å². The van der Waals surface area contributed by atoms with Crippen LogP contribution in [-0.2, 0) is 14.4 Å². The number of ketones is 1. The lowest BCUT2D eigenvalue weighted by atomic mass is 10.1. The number of benzene rings is 1. The first kappa shape index (κ1) is 25.3. The number of anilines is 1. The maximum Gasteiger partial charge on any atom is 0.243 e. The largest absolute Gasteiger partial charge is 0.368 e. The van der Waals surface area contributed by atoms with E-state index in [4.69, 9.17) is 10.0 Å². The third-order valence-electron chi connectivity index (χ3n) is 4.94. The van der Waals surface area contributed by atoms with Gasteiger partial charge in [0.15, 0.2) is 5.78 Å². The summed E-state index contributed by atoms with van der Waals surface area (Å²) in [6.07, 6.45) is 4.95. The topological polar surface area (TPSA) is 107 Å². The van der Waals surface area contributed by atoms with E-state index in [-0.39, 0.29) is 17.6 Å². The molecule has 8 heteroatoms. The standard InChI is InChI=1S/C20H29N3O4.C2H4O/c1-16(24)17-8-10-18(11-9-17)22-12-14-23(15-13-22)20(26)7-5-3-2-4-6-19(25)21-27;1-2-3/h8-11,27H,2-7,12-15H2,1H3,(H,21,25);2H,1H3. The van der Waals surface area contributed by atoms with Crippen LogP contribution in [0.4, 0.5) is 5.69 Å². The lowest BCUT2D eigenvalue weighted by molar-refractivity contribution is -0.132. The Kier molecular flexibility index (Phi) is 12.0. The van der Waals surface area contributed by atoms with Crippen LogP contribution < -0.4 is 10.4 Å². The number of carbonyl (C=O) groups excluding carboxylic acids is 4. The molecule has 2 amide bonds. The van der Waals surface area contributed by atoms with E-state index < -0.39 is 0 Å². The molecule has 2 N–H and O–H groups in total. The molecule has 0 aromatic heterocycles. The third kappa shape index (κ3) is 9.17. The first-order valence-electron chi connectivity index (χ1n) is 10.4. The Balaban J connectivity index is 0.00000141. The molecule has 1 fully saturated rings. The van der Waals surface area contributed by atoms with Crippen LogP contribution in [0, 0.1) is 0 Å². The number of amides is 2. The maximum atomic E-state index is 12.3. The van der Waals surface area contributed by atoms with Crippen molar-refractivity contribution in [3.05, 3.63) is 29.8 Å². The number of hydroxylamine groups is 1. The quantitative estimate of drug-likeness (QED) is 0.209. The highest BCUT2D eigenvalue weighted by atomic mass is 16.5. The van der Waals surface area contributed by atoms with Crippen LogP contribution in [0.2, 0.25) is 0 Å². The Bertz CT molecular complexity index is 683. The number of nitrogens with one attached hydrogen (secondary N) is 1. The summed E-state index contributed by atoms with van der Waals surface area (Å²) < 4.78 is 0. The lowest BCUT2D eigenvalue weighted by Crippen LogP contribution is -2.48. The SMILES string of the molecule is CC(=O)c1ccc(N2CCN(C(=O)CCCCCCC(=O)NO)CC2)cc1.CC=O. The van der Waals surface area contributed by atoms with Crippen molar-refractivity contribution in [3.8, 4) is 0 Å². The first-order chi connectivity index (χ1) is 14.4. The molecular formula is C22H33N3O5. The molecule has 0 saturated carbocycles. The van der Waals surface area contributed by atoms with E-state index in [9.17, 15) is 14.4 Å². The van der Waals surface area contributed by atoms with Gasteiger partial charge in [0.25, 0.3) is 0 Å². The molecule has 1 aliphatic heterocycles. The van der Waals surface area contributed by atoms with Crippen molar-refractivity contribution in [3.63, 3.8) is 0 Å². The van der Waals surface area contributed by atoms with E-state index in [1.807, 2.05) is 29.2 Å². The van der Waals surface area contributed by atoms with Gasteiger partial charge >= 0.3 is 0 Å². The highest BCUT2D eigenvalue weighted by molar-refractivity contribution is 5.94. The van der Waals surface area contributed by atoms with Gasteiger partial charge in [-0.25, -0.2) is 5.48 Å². The van der Waals surface area contributed by atoms with Gasteiger partial charge in [-0.05, 0) is 51.0 Å². The first-order valence-corrected chi connectivity index (χ1v) is 10.4. The minimum absolute atomic E-state index is 0.0635. The molecule has 30 heavy (non-hydrogen) atoms. The molecule has 0 radical (unpaired) electrons. The monoisotopic (exact) mass is 419 g/mol. The highest BCUT2D eigenvalue weighted by Gasteiger charge is 2.20. The van der Waals surface area contributed by atoms with Crippen molar-refractivity contribution in [2.75, 3.05) is 31.1 Å². The summed E-state index contributed by atoms with van der Waals surface area (Å²) in [7, 11) is 0. The smallest absolute Gasteiger partial charge is 0.243 e. The number of aldehydes is 1. The number of hydrogen-bond donors (Lipinski definition) is 2. The van der Waals surface area contributed by atoms with Crippen LogP contribution in [-0.4, -0.2) is 60.2 Å². The summed E-state index contributed by atoms with van der Waals surface area (Å²) >= 11 is 0. The summed E-state index contributed by atoms with van der Waals surface area (Å²) in [5, 5.41) is 8.41. The number of hydrogen-bond acceptors (Lipinski definition) is 6. The fourth-order valence-electron chi connectivity index (χ4n) is 3.25. The number of rotatable bonds is 9. The van der Waals surface area contributed by atoms with E-state index in [2.05, 4.69) is 4.90 Å². The predicted molar refractivity (Wildman–Crippen MR) is 115 cm³/mol. The third-order valence-corrected chi connectivity index (χ3v) is 4.94. The Morgan fingerprint density at radius 2 is 1.50 bits per heavy atom. The van der Waals surface area contributed by atoms with Crippen molar-refractivity contribution in [2.24, 2.45) is 0 Å². The average Bonchev–Trinajstić information content (AvgIpc) is 2.76. The van der Waals surface area contributed by atoms with Crippen LogP contribution in [0.5, 0.6) is 0 Å². The Hall–Kier alpha value is -2.74. The van der Waals surface area contributed by atoms with Gasteiger partial charge < -0.3 is 14.6 Å². The molecule has 0 aliphatic carbocycles. The minimum Gasteiger partial charge on any atom is -0.368 e. The van der Waals surface area contributed by atoms with Crippen molar-refractivity contribution >= 4 is 29.6 Å². The second kappa shape index (κ2) is 14.3. The van der Waals surface area contributed by atoms with Gasteiger partial charge in [0.1, 0.15) is 6.29 Å². The summed E-state index contributed by atoms with van der Waals surface area (Å²) in [5.74, 6) is -0.108. The Labute approximate surface area is 178 Å². The molecule has 1 saturated heterocycles. The van der Waals surface area contributed by atoms with Crippen LogP contribution >= 0.6 is 0 Å². The number of carbonyl (C=O) groups is 4. The van der Waals surface area contributed by atoms with Gasteiger partial charge in [0.05, 0.1) is 0 Å². The average molecular weight is 420 g/mol. The Morgan fingerprint density at radius 3 is 2.00 bits per heavy atom. The molecule has 0 unspecified atom stereocenters. The molecule has 1 aromatic carbocycles. The molecule has 0 spiro atoms. The second-order valence-electron chi connectivity index (χ2n) is 7.16. The summed E-state index contributed by atoms with van der Waals surface area (Å²) in [5.41, 5.74) is 3.42. The molecule has 0 atom stereocenters. The molecule has 2 rings (SSSR count). The predicted octanol–water partition coefficient (Wildman–Crippen LogP) is 2.59. The van der Waals surface area contributed by atoms with Crippen molar-refractivity contribution in [1.29, 1.82) is 0 Å². The van der Waals surface area contributed by atoms with E-state index in [1.54, 1.807) is 12.4 Å². The van der Waals surface area contributed by atoms with Crippen LogP contribution in [0.25, 0.3) is 0 Å². The highest BCUT2D eigenvalue weighted by Crippen LogP contribution is 2.18. The zero-order chi connectivity index (χ0) is 22.4.